The summed E-state index contributed by atoms with van der Waals surface area (Å²) < 4.78 is 4.54. The van der Waals surface area contributed by atoms with Crippen molar-refractivity contribution in [3.8, 4) is 0 Å². The molecule has 1 N–H and O–H groups in total. The van der Waals surface area contributed by atoms with E-state index < -0.39 is 12.0 Å². The Bertz CT molecular complexity index is 258. The lowest BCUT2D eigenvalue weighted by Crippen LogP contribution is -2.51. The Morgan fingerprint density at radius 2 is 2.46 bits per heavy atom. The summed E-state index contributed by atoms with van der Waals surface area (Å²) in [6, 6.07) is -0.666. The molecule has 1 atom stereocenters. The van der Waals surface area contributed by atoms with Crippen LogP contribution < -0.4 is 5.32 Å². The van der Waals surface area contributed by atoms with E-state index in [2.05, 4.69) is 10.1 Å². The van der Waals surface area contributed by atoms with Crippen LogP contribution in [0.4, 0.5) is 0 Å². The Hall–Kier alpha value is -1.32. The fourth-order valence-electron chi connectivity index (χ4n) is 1.26. The molecule has 1 heterocycles. The zero-order valence-corrected chi connectivity index (χ0v) is 7.66. The van der Waals surface area contributed by atoms with Crippen molar-refractivity contribution in [2.24, 2.45) is 0 Å². The Labute approximate surface area is 76.3 Å². The Morgan fingerprint density at radius 3 is 3.00 bits per heavy atom. The number of likely N-dealkylation sites (N-methyl/N-ethyl adjacent to an activating group) is 1. The Kier molecular flexibility index (Phi) is 3.06. The number of methoxy groups -OCH3 is 1. The highest BCUT2D eigenvalue weighted by atomic mass is 16.5. The van der Waals surface area contributed by atoms with Gasteiger partial charge in [-0.1, -0.05) is 0 Å². The van der Waals surface area contributed by atoms with Gasteiger partial charge in [0.25, 0.3) is 0 Å². The van der Waals surface area contributed by atoms with E-state index in [-0.39, 0.29) is 0 Å². The lowest BCUT2D eigenvalue weighted by Gasteiger charge is -2.30. The number of nitrogens with zero attached hydrogens (tertiary/aromatic N) is 1. The third-order valence-corrected chi connectivity index (χ3v) is 2.02. The summed E-state index contributed by atoms with van der Waals surface area (Å²) in [5.41, 5.74) is 0.304. The molecule has 0 radical (unpaired) electrons. The highest BCUT2D eigenvalue weighted by Gasteiger charge is 2.30. The van der Waals surface area contributed by atoms with E-state index in [0.717, 1.165) is 0 Å². The molecule has 0 aliphatic carbocycles. The first kappa shape index (κ1) is 9.77. The molecule has 0 amide bonds. The van der Waals surface area contributed by atoms with E-state index in [1.165, 1.54) is 7.11 Å². The molecule has 1 unspecified atom stereocenters. The van der Waals surface area contributed by atoms with Gasteiger partial charge in [-0.25, -0.2) is 9.59 Å². The zero-order valence-electron chi connectivity index (χ0n) is 7.66. The van der Waals surface area contributed by atoms with E-state index in [1.54, 1.807) is 17.9 Å². The standard InChI is InChI=1S/C8H12N2O3/c1-10-4-3-9-7(6(10)5-11)8(12)13-2/h7,9H,3-4H2,1-2H3. The van der Waals surface area contributed by atoms with Crippen LogP contribution in [-0.4, -0.2) is 50.1 Å². The number of piperazine rings is 1. The normalized spacial score (nSPS) is 22.5. The monoisotopic (exact) mass is 184 g/mol. The van der Waals surface area contributed by atoms with E-state index in [9.17, 15) is 9.59 Å². The first-order valence-corrected chi connectivity index (χ1v) is 3.98. The second-order valence-electron chi connectivity index (χ2n) is 2.82. The highest BCUT2D eigenvalue weighted by Crippen LogP contribution is 2.09. The van der Waals surface area contributed by atoms with Gasteiger partial charge in [0.1, 0.15) is 11.6 Å². The maximum Gasteiger partial charge on any atom is 0.329 e. The van der Waals surface area contributed by atoms with Gasteiger partial charge < -0.3 is 9.64 Å². The van der Waals surface area contributed by atoms with Crippen molar-refractivity contribution in [2.75, 3.05) is 27.2 Å². The molecule has 1 saturated heterocycles. The number of ether oxygens (including phenoxy) is 1. The maximum absolute atomic E-state index is 11.2. The van der Waals surface area contributed by atoms with Crippen LogP contribution in [0.15, 0.2) is 5.70 Å². The summed E-state index contributed by atoms with van der Waals surface area (Å²) in [5.74, 6) is 1.29. The van der Waals surface area contributed by atoms with Crippen LogP contribution in [0.3, 0.4) is 0 Å². The number of nitrogens with one attached hydrogen (secondary N) is 1. The van der Waals surface area contributed by atoms with Crippen LogP contribution in [0, 0.1) is 0 Å². The van der Waals surface area contributed by atoms with Gasteiger partial charge in [0.05, 0.1) is 7.11 Å². The minimum Gasteiger partial charge on any atom is -0.468 e. The Balaban J connectivity index is 2.83. The smallest absolute Gasteiger partial charge is 0.329 e. The lowest BCUT2D eigenvalue weighted by molar-refractivity contribution is -0.142. The van der Waals surface area contributed by atoms with Crippen LogP contribution in [0.25, 0.3) is 0 Å². The molecule has 0 aromatic rings. The quantitative estimate of drug-likeness (QED) is 0.409. The second kappa shape index (κ2) is 4.07. The average molecular weight is 184 g/mol. The summed E-state index contributed by atoms with van der Waals surface area (Å²) in [5, 5.41) is 2.89. The van der Waals surface area contributed by atoms with E-state index in [1.807, 2.05) is 0 Å². The topological polar surface area (TPSA) is 58.6 Å². The van der Waals surface area contributed by atoms with Crippen LogP contribution in [0.1, 0.15) is 0 Å². The first-order valence-electron chi connectivity index (χ1n) is 3.98. The van der Waals surface area contributed by atoms with Gasteiger partial charge in [-0.3, -0.25) is 5.32 Å². The fraction of sp³-hybridized carbons (Fsp3) is 0.625. The van der Waals surface area contributed by atoms with Crippen LogP contribution in [0.5, 0.6) is 0 Å². The zero-order chi connectivity index (χ0) is 9.84. The molecule has 13 heavy (non-hydrogen) atoms. The minimum absolute atomic E-state index is 0.304. The summed E-state index contributed by atoms with van der Waals surface area (Å²) in [7, 11) is 3.04. The average Bonchev–Trinajstić information content (AvgIpc) is 2.16. The van der Waals surface area contributed by atoms with E-state index in [0.29, 0.717) is 18.8 Å². The van der Waals surface area contributed by atoms with Crippen molar-refractivity contribution >= 4 is 11.9 Å². The van der Waals surface area contributed by atoms with Crippen molar-refractivity contribution in [2.45, 2.75) is 6.04 Å². The summed E-state index contributed by atoms with van der Waals surface area (Å²) in [6.45, 7) is 1.35. The van der Waals surface area contributed by atoms with E-state index in [4.69, 9.17) is 0 Å². The molecular weight excluding hydrogens is 172 g/mol. The number of carbonyl (C=O) groups is 1. The van der Waals surface area contributed by atoms with Gasteiger partial charge in [-0.05, 0) is 0 Å². The minimum atomic E-state index is -0.666. The molecule has 5 heteroatoms. The molecule has 0 aromatic carbocycles. The van der Waals surface area contributed by atoms with Crippen molar-refractivity contribution in [3.05, 3.63) is 5.70 Å². The molecule has 1 rings (SSSR count). The molecule has 1 fully saturated rings. The van der Waals surface area contributed by atoms with Gasteiger partial charge in [0, 0.05) is 20.1 Å². The van der Waals surface area contributed by atoms with Crippen molar-refractivity contribution < 1.29 is 14.3 Å². The second-order valence-corrected chi connectivity index (χ2v) is 2.82. The van der Waals surface area contributed by atoms with Crippen LogP contribution in [0.2, 0.25) is 0 Å². The van der Waals surface area contributed by atoms with Crippen molar-refractivity contribution in [1.82, 2.24) is 10.2 Å². The van der Waals surface area contributed by atoms with Gasteiger partial charge in [0.2, 0.25) is 0 Å². The molecule has 5 nitrogen and oxygen atoms in total. The molecule has 0 spiro atoms. The number of hydrogen-bond donors (Lipinski definition) is 1. The van der Waals surface area contributed by atoms with Crippen LogP contribution in [-0.2, 0) is 14.3 Å². The van der Waals surface area contributed by atoms with E-state index >= 15 is 0 Å². The summed E-state index contributed by atoms with van der Waals surface area (Å²) in [6.07, 6.45) is 0. The lowest BCUT2D eigenvalue weighted by atomic mass is 10.1. The number of rotatable bonds is 1. The summed E-state index contributed by atoms with van der Waals surface area (Å²) in [4.78, 5) is 23.4. The molecule has 0 bridgehead atoms. The van der Waals surface area contributed by atoms with Crippen molar-refractivity contribution in [1.29, 1.82) is 0 Å². The molecule has 0 saturated carbocycles. The molecule has 0 aromatic heterocycles. The molecular formula is C8H12N2O3. The number of carbonyl (C=O) groups excluding carboxylic acids is 2. The Morgan fingerprint density at radius 1 is 1.77 bits per heavy atom. The van der Waals surface area contributed by atoms with Crippen molar-refractivity contribution in [3.63, 3.8) is 0 Å². The molecule has 1 aliphatic heterocycles. The largest absolute Gasteiger partial charge is 0.468 e. The van der Waals surface area contributed by atoms with Gasteiger partial charge in [-0.2, -0.15) is 0 Å². The fourth-order valence-corrected chi connectivity index (χ4v) is 1.26. The number of esters is 1. The third kappa shape index (κ3) is 1.88. The molecule has 1 aliphatic rings. The molecule has 72 valence electrons. The predicted molar refractivity (Wildman–Crippen MR) is 45.6 cm³/mol. The van der Waals surface area contributed by atoms with Gasteiger partial charge in [0.15, 0.2) is 6.04 Å². The van der Waals surface area contributed by atoms with Crippen LogP contribution >= 0.6 is 0 Å². The predicted octanol–water partition coefficient (Wildman–Crippen LogP) is -1.22. The maximum atomic E-state index is 11.2. The number of hydrogen-bond acceptors (Lipinski definition) is 5. The SMILES string of the molecule is COC(=O)C1NCCN(C)C1=C=O. The first-order chi connectivity index (χ1) is 6.20. The highest BCUT2D eigenvalue weighted by molar-refractivity contribution is 5.82. The third-order valence-electron chi connectivity index (χ3n) is 2.02. The van der Waals surface area contributed by atoms with Gasteiger partial charge >= 0.3 is 5.97 Å². The summed E-state index contributed by atoms with van der Waals surface area (Å²) >= 11 is 0. The van der Waals surface area contributed by atoms with Gasteiger partial charge in [-0.15, -0.1) is 0 Å².